The third-order valence-electron chi connectivity index (χ3n) is 3.37. The summed E-state index contributed by atoms with van der Waals surface area (Å²) in [5.74, 6) is 0.585. The predicted octanol–water partition coefficient (Wildman–Crippen LogP) is 2.18. The maximum Gasteiger partial charge on any atom is 0.258 e. The van der Waals surface area contributed by atoms with E-state index >= 15 is 0 Å². The van der Waals surface area contributed by atoms with Gasteiger partial charge in [-0.3, -0.25) is 9.59 Å². The molecule has 0 saturated heterocycles. The van der Waals surface area contributed by atoms with E-state index in [1.54, 1.807) is 13.8 Å². The molecule has 23 heavy (non-hydrogen) atoms. The van der Waals surface area contributed by atoms with Gasteiger partial charge in [0.2, 0.25) is 5.91 Å². The van der Waals surface area contributed by atoms with Crippen molar-refractivity contribution in [3.05, 3.63) is 29.3 Å². The molecule has 6 heteroatoms. The lowest BCUT2D eigenvalue weighted by atomic mass is 9.95. The van der Waals surface area contributed by atoms with Crippen LogP contribution in [0.1, 0.15) is 25.0 Å². The van der Waals surface area contributed by atoms with Gasteiger partial charge in [0.15, 0.2) is 6.61 Å². The molecular weight excluding hydrogens is 316 g/mol. The van der Waals surface area contributed by atoms with Crippen LogP contribution in [0.2, 0.25) is 0 Å². The largest absolute Gasteiger partial charge is 0.484 e. The highest BCUT2D eigenvalue weighted by atomic mass is 35.5. The average Bonchev–Trinajstić information content (AvgIpc) is 2.50. The Morgan fingerprint density at radius 3 is 2.43 bits per heavy atom. The Bertz CT molecular complexity index is 559. The van der Waals surface area contributed by atoms with Gasteiger partial charge in [-0.1, -0.05) is 17.7 Å². The molecule has 0 unspecified atom stereocenters. The second-order valence-electron chi connectivity index (χ2n) is 6.18. The zero-order chi connectivity index (χ0) is 17.5. The molecule has 1 rings (SSSR count). The summed E-state index contributed by atoms with van der Waals surface area (Å²) >= 11 is 5.73. The van der Waals surface area contributed by atoms with Crippen molar-refractivity contribution in [1.29, 1.82) is 0 Å². The number of amides is 2. The second-order valence-corrected chi connectivity index (χ2v) is 6.45. The SMILES string of the molecule is Cc1ccc(OCC(=O)NCCNC(=O)C(C)(C)CCl)c(C)c1. The van der Waals surface area contributed by atoms with Gasteiger partial charge in [0, 0.05) is 19.0 Å². The molecule has 0 atom stereocenters. The highest BCUT2D eigenvalue weighted by Crippen LogP contribution is 2.18. The van der Waals surface area contributed by atoms with E-state index in [-0.39, 0.29) is 24.3 Å². The Hall–Kier alpha value is -1.75. The van der Waals surface area contributed by atoms with Crippen LogP contribution in [0.15, 0.2) is 18.2 Å². The fourth-order valence-corrected chi connectivity index (χ4v) is 1.95. The lowest BCUT2D eigenvalue weighted by molar-refractivity contribution is -0.128. The molecule has 0 spiro atoms. The molecule has 128 valence electrons. The van der Waals surface area contributed by atoms with Gasteiger partial charge in [0.25, 0.3) is 5.91 Å². The van der Waals surface area contributed by atoms with Crippen molar-refractivity contribution in [2.24, 2.45) is 5.41 Å². The number of hydrogen-bond donors (Lipinski definition) is 2. The van der Waals surface area contributed by atoms with Crippen LogP contribution in [0.5, 0.6) is 5.75 Å². The summed E-state index contributed by atoms with van der Waals surface area (Å²) in [5, 5.41) is 5.44. The first-order valence-electron chi connectivity index (χ1n) is 7.57. The molecule has 0 aliphatic rings. The van der Waals surface area contributed by atoms with E-state index in [9.17, 15) is 9.59 Å². The van der Waals surface area contributed by atoms with E-state index in [0.29, 0.717) is 18.8 Å². The number of benzene rings is 1. The third kappa shape index (κ3) is 6.48. The smallest absolute Gasteiger partial charge is 0.258 e. The van der Waals surface area contributed by atoms with E-state index in [1.807, 2.05) is 32.0 Å². The van der Waals surface area contributed by atoms with Crippen molar-refractivity contribution < 1.29 is 14.3 Å². The summed E-state index contributed by atoms with van der Waals surface area (Å²) in [5.41, 5.74) is 1.53. The van der Waals surface area contributed by atoms with Gasteiger partial charge in [0.05, 0.1) is 5.41 Å². The maximum atomic E-state index is 11.8. The summed E-state index contributed by atoms with van der Waals surface area (Å²) in [4.78, 5) is 23.5. The van der Waals surface area contributed by atoms with Crippen molar-refractivity contribution in [3.63, 3.8) is 0 Å². The molecule has 0 fully saturated rings. The maximum absolute atomic E-state index is 11.8. The minimum Gasteiger partial charge on any atom is -0.484 e. The van der Waals surface area contributed by atoms with E-state index < -0.39 is 5.41 Å². The molecule has 0 aromatic heterocycles. The first kappa shape index (κ1) is 19.3. The van der Waals surface area contributed by atoms with Crippen molar-refractivity contribution in [2.75, 3.05) is 25.6 Å². The Kier molecular flexibility index (Phi) is 7.36. The minimum atomic E-state index is -0.613. The lowest BCUT2D eigenvalue weighted by Crippen LogP contribution is -2.42. The van der Waals surface area contributed by atoms with Crippen LogP contribution in [0, 0.1) is 19.3 Å². The zero-order valence-electron chi connectivity index (χ0n) is 14.2. The van der Waals surface area contributed by atoms with Gasteiger partial charge in [-0.25, -0.2) is 0 Å². The molecule has 1 aromatic rings. The summed E-state index contributed by atoms with van der Waals surface area (Å²) < 4.78 is 5.49. The van der Waals surface area contributed by atoms with E-state index in [4.69, 9.17) is 16.3 Å². The number of carbonyl (C=O) groups excluding carboxylic acids is 2. The Balaban J connectivity index is 2.26. The number of carbonyl (C=O) groups is 2. The molecule has 0 radical (unpaired) electrons. The summed E-state index contributed by atoms with van der Waals surface area (Å²) in [6.07, 6.45) is 0. The van der Waals surface area contributed by atoms with Crippen LogP contribution in [0.25, 0.3) is 0 Å². The van der Waals surface area contributed by atoms with Crippen LogP contribution < -0.4 is 15.4 Å². The third-order valence-corrected chi connectivity index (χ3v) is 4.04. The molecule has 0 saturated carbocycles. The monoisotopic (exact) mass is 340 g/mol. The molecule has 0 aliphatic heterocycles. The Morgan fingerprint density at radius 2 is 1.83 bits per heavy atom. The molecular formula is C17H25ClN2O3. The molecule has 2 N–H and O–H groups in total. The summed E-state index contributed by atoms with van der Waals surface area (Å²) in [7, 11) is 0. The van der Waals surface area contributed by atoms with Gasteiger partial charge < -0.3 is 15.4 Å². The number of nitrogens with one attached hydrogen (secondary N) is 2. The van der Waals surface area contributed by atoms with Gasteiger partial charge in [-0.05, 0) is 39.3 Å². The average molecular weight is 341 g/mol. The normalized spacial score (nSPS) is 11.0. The highest BCUT2D eigenvalue weighted by molar-refractivity contribution is 6.19. The van der Waals surface area contributed by atoms with E-state index in [2.05, 4.69) is 10.6 Å². The predicted molar refractivity (Wildman–Crippen MR) is 91.9 cm³/mol. The molecule has 0 bridgehead atoms. The Morgan fingerprint density at radius 1 is 1.17 bits per heavy atom. The highest BCUT2D eigenvalue weighted by Gasteiger charge is 2.25. The number of rotatable bonds is 8. The van der Waals surface area contributed by atoms with Crippen LogP contribution in [0.3, 0.4) is 0 Å². The molecule has 1 aromatic carbocycles. The zero-order valence-corrected chi connectivity index (χ0v) is 14.9. The van der Waals surface area contributed by atoms with Crippen molar-refractivity contribution >= 4 is 23.4 Å². The lowest BCUT2D eigenvalue weighted by Gasteiger charge is -2.20. The van der Waals surface area contributed by atoms with E-state index in [1.165, 1.54) is 0 Å². The fraction of sp³-hybridized carbons (Fsp3) is 0.529. The van der Waals surface area contributed by atoms with Gasteiger partial charge in [0.1, 0.15) is 5.75 Å². The fourth-order valence-electron chi connectivity index (χ4n) is 1.83. The van der Waals surface area contributed by atoms with Gasteiger partial charge in [-0.2, -0.15) is 0 Å². The summed E-state index contributed by atoms with van der Waals surface area (Å²) in [6.45, 7) is 8.13. The van der Waals surface area contributed by atoms with Gasteiger partial charge in [-0.15, -0.1) is 11.6 Å². The number of aryl methyl sites for hydroxylation is 2. The number of hydrogen-bond acceptors (Lipinski definition) is 3. The minimum absolute atomic E-state index is 0.0506. The number of halogens is 1. The standard InChI is InChI=1S/C17H25ClN2O3/c1-12-5-6-14(13(2)9-12)23-10-15(21)19-7-8-20-16(22)17(3,4)11-18/h5-6,9H,7-8,10-11H2,1-4H3,(H,19,21)(H,20,22). The molecule has 0 aliphatic carbocycles. The summed E-state index contributed by atoms with van der Waals surface area (Å²) in [6, 6.07) is 5.79. The molecule has 2 amide bonds. The topological polar surface area (TPSA) is 67.4 Å². The van der Waals surface area contributed by atoms with Crippen LogP contribution in [-0.2, 0) is 9.59 Å². The van der Waals surface area contributed by atoms with Crippen molar-refractivity contribution in [2.45, 2.75) is 27.7 Å². The van der Waals surface area contributed by atoms with Crippen molar-refractivity contribution in [3.8, 4) is 5.75 Å². The van der Waals surface area contributed by atoms with Crippen LogP contribution >= 0.6 is 11.6 Å². The quantitative estimate of drug-likeness (QED) is 0.563. The second kappa shape index (κ2) is 8.77. The molecule has 5 nitrogen and oxygen atoms in total. The first-order chi connectivity index (χ1) is 10.8. The Labute approximate surface area is 142 Å². The van der Waals surface area contributed by atoms with Crippen LogP contribution in [-0.4, -0.2) is 37.4 Å². The van der Waals surface area contributed by atoms with Gasteiger partial charge >= 0.3 is 0 Å². The van der Waals surface area contributed by atoms with Crippen LogP contribution in [0.4, 0.5) is 0 Å². The first-order valence-corrected chi connectivity index (χ1v) is 8.11. The van der Waals surface area contributed by atoms with Crippen molar-refractivity contribution in [1.82, 2.24) is 10.6 Å². The number of alkyl halides is 1. The van der Waals surface area contributed by atoms with E-state index in [0.717, 1.165) is 11.1 Å². The number of ether oxygens (including phenoxy) is 1. The molecule has 0 heterocycles.